The lowest BCUT2D eigenvalue weighted by Gasteiger charge is -2.03. The molecule has 1 heterocycles. The fraction of sp³-hybridized carbons (Fsp3) is 0.444. The normalized spacial score (nSPS) is 9.83. The lowest BCUT2D eigenvalue weighted by atomic mass is 10.3. The maximum Gasteiger partial charge on any atom is 0.213 e. The quantitative estimate of drug-likeness (QED) is 0.683. The summed E-state index contributed by atoms with van der Waals surface area (Å²) in [4.78, 5) is 4.03. The van der Waals surface area contributed by atoms with E-state index in [2.05, 4.69) is 4.98 Å². The topological polar surface area (TPSA) is 31.4 Å². The van der Waals surface area contributed by atoms with Gasteiger partial charge in [0, 0.05) is 19.4 Å². The molecule has 1 rings (SSSR count). The molecule has 0 atom stereocenters. The van der Waals surface area contributed by atoms with Gasteiger partial charge in [-0.25, -0.2) is 4.98 Å². The Morgan fingerprint density at radius 2 is 2.33 bits per heavy atom. The Labute approximate surface area is 72.3 Å². The second-order valence-corrected chi connectivity index (χ2v) is 2.37. The van der Waals surface area contributed by atoms with E-state index in [1.54, 1.807) is 13.3 Å². The van der Waals surface area contributed by atoms with Gasteiger partial charge in [0.15, 0.2) is 0 Å². The van der Waals surface area contributed by atoms with E-state index in [1.807, 2.05) is 19.1 Å². The Morgan fingerprint density at radius 3 is 3.00 bits per heavy atom. The van der Waals surface area contributed by atoms with Crippen LogP contribution in [0.4, 0.5) is 0 Å². The molecule has 1 aromatic rings. The van der Waals surface area contributed by atoms with Gasteiger partial charge < -0.3 is 9.47 Å². The van der Waals surface area contributed by atoms with Crippen molar-refractivity contribution in [2.45, 2.75) is 13.5 Å². The molecule has 0 radical (unpaired) electrons. The van der Waals surface area contributed by atoms with Gasteiger partial charge in [0.1, 0.15) is 0 Å². The number of pyridine rings is 1. The first-order chi connectivity index (χ1) is 5.86. The van der Waals surface area contributed by atoms with Crippen LogP contribution in [0.25, 0.3) is 0 Å². The number of aromatic nitrogens is 1. The van der Waals surface area contributed by atoms with E-state index in [0.717, 1.165) is 5.56 Å². The number of hydrogen-bond acceptors (Lipinski definition) is 3. The average molecular weight is 167 g/mol. The van der Waals surface area contributed by atoms with Crippen LogP contribution in [-0.4, -0.2) is 18.7 Å². The molecule has 0 spiro atoms. The van der Waals surface area contributed by atoms with E-state index in [-0.39, 0.29) is 0 Å². The third-order valence-corrected chi connectivity index (χ3v) is 1.40. The Hall–Kier alpha value is -1.09. The van der Waals surface area contributed by atoms with Crippen molar-refractivity contribution in [1.82, 2.24) is 4.98 Å². The summed E-state index contributed by atoms with van der Waals surface area (Å²) in [7, 11) is 1.67. The third kappa shape index (κ3) is 2.51. The molecule has 0 saturated carbocycles. The molecule has 3 nitrogen and oxygen atoms in total. The smallest absolute Gasteiger partial charge is 0.213 e. The lowest BCUT2D eigenvalue weighted by molar-refractivity contribution is 0.184. The number of rotatable bonds is 4. The molecule has 66 valence electrons. The third-order valence-electron chi connectivity index (χ3n) is 1.40. The van der Waals surface area contributed by atoms with Gasteiger partial charge in [-0.1, -0.05) is 0 Å². The molecule has 12 heavy (non-hydrogen) atoms. The van der Waals surface area contributed by atoms with E-state index >= 15 is 0 Å². The van der Waals surface area contributed by atoms with Gasteiger partial charge in [-0.15, -0.1) is 0 Å². The minimum Gasteiger partial charge on any atom is -0.478 e. The molecule has 0 amide bonds. The van der Waals surface area contributed by atoms with E-state index in [0.29, 0.717) is 19.1 Å². The Bertz CT molecular complexity index is 216. The summed E-state index contributed by atoms with van der Waals surface area (Å²) < 4.78 is 10.2. The minimum absolute atomic E-state index is 0.600. The maximum atomic E-state index is 5.23. The molecule has 0 aromatic carbocycles. The summed E-state index contributed by atoms with van der Waals surface area (Å²) in [6.45, 7) is 3.18. The first-order valence-corrected chi connectivity index (χ1v) is 3.93. The molecule has 0 aliphatic rings. The standard InChI is InChI=1S/C9H13NO2/c1-3-12-9-6-8(7-11-2)4-5-10-9/h4-6H,3,7H2,1-2H3. The summed E-state index contributed by atoms with van der Waals surface area (Å²) in [5, 5.41) is 0. The molecule has 0 fully saturated rings. The highest BCUT2D eigenvalue weighted by molar-refractivity contribution is 5.19. The lowest BCUT2D eigenvalue weighted by Crippen LogP contribution is -1.95. The Morgan fingerprint density at radius 1 is 1.50 bits per heavy atom. The average Bonchev–Trinajstić information content (AvgIpc) is 2.06. The number of hydrogen-bond donors (Lipinski definition) is 0. The SMILES string of the molecule is CCOc1cc(COC)ccn1. The minimum atomic E-state index is 0.600. The molecular formula is C9H13NO2. The molecule has 0 N–H and O–H groups in total. The van der Waals surface area contributed by atoms with Crippen LogP contribution in [0.1, 0.15) is 12.5 Å². The van der Waals surface area contributed by atoms with Gasteiger partial charge in [-0.2, -0.15) is 0 Å². The number of ether oxygens (including phenoxy) is 2. The molecule has 0 saturated heterocycles. The molecule has 1 aromatic heterocycles. The fourth-order valence-electron chi connectivity index (χ4n) is 0.934. The van der Waals surface area contributed by atoms with Crippen molar-refractivity contribution < 1.29 is 9.47 Å². The van der Waals surface area contributed by atoms with E-state index in [1.165, 1.54) is 0 Å². The van der Waals surface area contributed by atoms with Crippen molar-refractivity contribution in [3.8, 4) is 5.88 Å². The summed E-state index contributed by atoms with van der Waals surface area (Å²) in [6, 6.07) is 3.79. The zero-order valence-electron chi connectivity index (χ0n) is 7.41. The zero-order chi connectivity index (χ0) is 8.81. The second kappa shape index (κ2) is 4.72. The fourth-order valence-corrected chi connectivity index (χ4v) is 0.934. The first-order valence-electron chi connectivity index (χ1n) is 3.93. The molecule has 3 heteroatoms. The van der Waals surface area contributed by atoms with Crippen molar-refractivity contribution >= 4 is 0 Å². The van der Waals surface area contributed by atoms with Crippen LogP contribution in [0.15, 0.2) is 18.3 Å². The van der Waals surface area contributed by atoms with Gasteiger partial charge in [0.25, 0.3) is 0 Å². The Balaban J connectivity index is 2.67. The molecule has 0 aliphatic heterocycles. The van der Waals surface area contributed by atoms with Crippen LogP contribution in [0.5, 0.6) is 5.88 Å². The molecule has 0 bridgehead atoms. The van der Waals surface area contributed by atoms with Crippen molar-refractivity contribution in [1.29, 1.82) is 0 Å². The molecular weight excluding hydrogens is 154 g/mol. The van der Waals surface area contributed by atoms with Crippen molar-refractivity contribution in [3.05, 3.63) is 23.9 Å². The molecule has 0 aliphatic carbocycles. The summed E-state index contributed by atoms with van der Waals surface area (Å²) in [6.07, 6.45) is 1.72. The van der Waals surface area contributed by atoms with Gasteiger partial charge in [0.2, 0.25) is 5.88 Å². The predicted molar refractivity (Wildman–Crippen MR) is 46.1 cm³/mol. The van der Waals surface area contributed by atoms with Gasteiger partial charge >= 0.3 is 0 Å². The Kier molecular flexibility index (Phi) is 3.54. The zero-order valence-corrected chi connectivity index (χ0v) is 7.41. The van der Waals surface area contributed by atoms with Crippen LogP contribution in [0.3, 0.4) is 0 Å². The molecule has 0 unspecified atom stereocenters. The van der Waals surface area contributed by atoms with Gasteiger partial charge in [-0.3, -0.25) is 0 Å². The highest BCUT2D eigenvalue weighted by Gasteiger charge is 1.95. The summed E-state index contributed by atoms with van der Waals surface area (Å²) in [5.74, 6) is 0.659. The van der Waals surface area contributed by atoms with Crippen LogP contribution >= 0.6 is 0 Å². The van der Waals surface area contributed by atoms with Gasteiger partial charge in [0.05, 0.1) is 13.2 Å². The van der Waals surface area contributed by atoms with Crippen LogP contribution in [0, 0.1) is 0 Å². The summed E-state index contributed by atoms with van der Waals surface area (Å²) >= 11 is 0. The second-order valence-electron chi connectivity index (χ2n) is 2.37. The van der Waals surface area contributed by atoms with E-state index in [4.69, 9.17) is 9.47 Å². The van der Waals surface area contributed by atoms with Crippen molar-refractivity contribution in [2.75, 3.05) is 13.7 Å². The first kappa shape index (κ1) is 9.00. The van der Waals surface area contributed by atoms with Crippen LogP contribution in [-0.2, 0) is 11.3 Å². The predicted octanol–water partition coefficient (Wildman–Crippen LogP) is 1.63. The monoisotopic (exact) mass is 167 g/mol. The van der Waals surface area contributed by atoms with E-state index < -0.39 is 0 Å². The number of methoxy groups -OCH3 is 1. The van der Waals surface area contributed by atoms with E-state index in [9.17, 15) is 0 Å². The highest BCUT2D eigenvalue weighted by Crippen LogP contribution is 2.09. The van der Waals surface area contributed by atoms with Crippen LogP contribution < -0.4 is 4.74 Å². The van der Waals surface area contributed by atoms with Crippen LogP contribution in [0.2, 0.25) is 0 Å². The van der Waals surface area contributed by atoms with Crippen molar-refractivity contribution in [2.24, 2.45) is 0 Å². The summed E-state index contributed by atoms with van der Waals surface area (Å²) in [5.41, 5.74) is 1.08. The van der Waals surface area contributed by atoms with Crippen molar-refractivity contribution in [3.63, 3.8) is 0 Å². The van der Waals surface area contributed by atoms with Gasteiger partial charge in [-0.05, 0) is 18.6 Å². The highest BCUT2D eigenvalue weighted by atomic mass is 16.5. The maximum absolute atomic E-state index is 5.23. The number of nitrogens with zero attached hydrogens (tertiary/aromatic N) is 1. The largest absolute Gasteiger partial charge is 0.478 e.